The summed E-state index contributed by atoms with van der Waals surface area (Å²) < 4.78 is 13.0. The summed E-state index contributed by atoms with van der Waals surface area (Å²) in [5, 5.41) is 3.39. The Bertz CT molecular complexity index is 388. The fraction of sp³-hybridized carbons (Fsp3) is 0.364. The Morgan fingerprint density at radius 1 is 1.53 bits per heavy atom. The van der Waals surface area contributed by atoms with Gasteiger partial charge in [-0.1, -0.05) is 11.6 Å². The molecule has 0 radical (unpaired) electrons. The van der Waals surface area contributed by atoms with Crippen LogP contribution in [0.15, 0.2) is 18.2 Å². The zero-order valence-electron chi connectivity index (χ0n) is 8.09. The largest absolute Gasteiger partial charge is 0.307 e. The van der Waals surface area contributed by atoms with Crippen molar-refractivity contribution in [2.45, 2.75) is 18.9 Å². The molecule has 1 aliphatic heterocycles. The summed E-state index contributed by atoms with van der Waals surface area (Å²) in [6.07, 6.45) is 1.77. The molecule has 1 atom stereocenters. The third-order valence-corrected chi connectivity index (χ3v) is 2.90. The molecular formula is C11H11ClFNO. The summed E-state index contributed by atoms with van der Waals surface area (Å²) in [6, 6.07) is 3.66. The van der Waals surface area contributed by atoms with Crippen molar-refractivity contribution in [3.8, 4) is 0 Å². The summed E-state index contributed by atoms with van der Waals surface area (Å²) >= 11 is 5.85. The second-order valence-electron chi connectivity index (χ2n) is 3.64. The van der Waals surface area contributed by atoms with E-state index in [1.54, 1.807) is 0 Å². The average Bonchev–Trinajstić information content (AvgIpc) is 2.74. The van der Waals surface area contributed by atoms with E-state index in [1.165, 1.54) is 18.2 Å². The van der Waals surface area contributed by atoms with Crippen molar-refractivity contribution in [3.05, 3.63) is 34.6 Å². The first kappa shape index (κ1) is 10.6. The molecule has 0 aromatic heterocycles. The number of nitrogens with one attached hydrogen (secondary N) is 1. The van der Waals surface area contributed by atoms with E-state index in [9.17, 15) is 9.18 Å². The molecule has 1 aromatic rings. The van der Waals surface area contributed by atoms with Crippen LogP contribution in [0.3, 0.4) is 0 Å². The SMILES string of the molecule is O=C(c1cc(F)ccc1Cl)C1CCCN1. The third-order valence-electron chi connectivity index (χ3n) is 2.57. The monoisotopic (exact) mass is 227 g/mol. The number of carbonyl (C=O) groups excluding carboxylic acids is 1. The predicted octanol–water partition coefficient (Wildman–Crippen LogP) is 2.41. The summed E-state index contributed by atoms with van der Waals surface area (Å²) in [4.78, 5) is 11.9. The Balaban J connectivity index is 2.27. The lowest BCUT2D eigenvalue weighted by atomic mass is 10.0. The van der Waals surface area contributed by atoms with Crippen molar-refractivity contribution in [1.29, 1.82) is 0 Å². The van der Waals surface area contributed by atoms with E-state index in [0.717, 1.165) is 19.4 Å². The molecule has 0 amide bonds. The molecule has 2 nitrogen and oxygen atoms in total. The Kier molecular flexibility index (Phi) is 3.03. The number of Topliss-reactive ketones (excluding diaryl/α,β-unsaturated/α-hetero) is 1. The quantitative estimate of drug-likeness (QED) is 0.787. The molecule has 0 spiro atoms. The van der Waals surface area contributed by atoms with Crippen LogP contribution in [-0.2, 0) is 0 Å². The zero-order valence-corrected chi connectivity index (χ0v) is 8.85. The number of hydrogen-bond acceptors (Lipinski definition) is 2. The van der Waals surface area contributed by atoms with Crippen LogP contribution in [0.2, 0.25) is 5.02 Å². The normalized spacial score (nSPS) is 20.5. The van der Waals surface area contributed by atoms with E-state index in [1.807, 2.05) is 0 Å². The van der Waals surface area contributed by atoms with Gasteiger partial charge >= 0.3 is 0 Å². The number of benzene rings is 1. The number of carbonyl (C=O) groups is 1. The highest BCUT2D eigenvalue weighted by Gasteiger charge is 2.24. The summed E-state index contributed by atoms with van der Waals surface area (Å²) in [5.74, 6) is -0.544. The molecule has 1 unspecified atom stereocenters. The smallest absolute Gasteiger partial charge is 0.181 e. The van der Waals surface area contributed by atoms with Gasteiger partial charge in [0.25, 0.3) is 0 Å². The second-order valence-corrected chi connectivity index (χ2v) is 4.04. The van der Waals surface area contributed by atoms with Crippen molar-refractivity contribution in [1.82, 2.24) is 5.32 Å². The van der Waals surface area contributed by atoms with Crippen molar-refractivity contribution in [3.63, 3.8) is 0 Å². The molecule has 1 heterocycles. The van der Waals surface area contributed by atoms with E-state index in [4.69, 9.17) is 11.6 Å². The molecular weight excluding hydrogens is 217 g/mol. The van der Waals surface area contributed by atoms with Crippen LogP contribution < -0.4 is 5.32 Å². The summed E-state index contributed by atoms with van der Waals surface area (Å²) in [6.45, 7) is 0.837. The Hall–Kier alpha value is -0.930. The van der Waals surface area contributed by atoms with Gasteiger partial charge in [0.05, 0.1) is 11.1 Å². The Labute approximate surface area is 92.4 Å². The summed E-state index contributed by atoms with van der Waals surface area (Å²) in [5.41, 5.74) is 0.274. The molecule has 1 saturated heterocycles. The van der Waals surface area contributed by atoms with Crippen molar-refractivity contribution < 1.29 is 9.18 Å². The maximum absolute atomic E-state index is 13.0. The van der Waals surface area contributed by atoms with Gasteiger partial charge in [-0.3, -0.25) is 4.79 Å². The maximum Gasteiger partial charge on any atom is 0.181 e. The molecule has 1 fully saturated rings. The standard InChI is InChI=1S/C11H11ClFNO/c12-9-4-3-7(13)6-8(9)11(15)10-2-1-5-14-10/h3-4,6,10,14H,1-2,5H2. The average molecular weight is 228 g/mol. The second kappa shape index (κ2) is 4.29. The minimum absolute atomic E-state index is 0.114. The van der Waals surface area contributed by atoms with Crippen LogP contribution in [0.25, 0.3) is 0 Å². The van der Waals surface area contributed by atoms with Crippen LogP contribution >= 0.6 is 11.6 Å². The molecule has 15 heavy (non-hydrogen) atoms. The van der Waals surface area contributed by atoms with Gasteiger partial charge < -0.3 is 5.32 Å². The van der Waals surface area contributed by atoms with Crippen molar-refractivity contribution in [2.24, 2.45) is 0 Å². The van der Waals surface area contributed by atoms with Crippen LogP contribution in [-0.4, -0.2) is 18.4 Å². The fourth-order valence-electron chi connectivity index (χ4n) is 1.78. The molecule has 1 N–H and O–H groups in total. The van der Waals surface area contributed by atoms with Gasteiger partial charge in [0.2, 0.25) is 0 Å². The maximum atomic E-state index is 13.0. The topological polar surface area (TPSA) is 29.1 Å². The fourth-order valence-corrected chi connectivity index (χ4v) is 1.99. The van der Waals surface area contributed by atoms with E-state index in [-0.39, 0.29) is 17.4 Å². The molecule has 0 aliphatic carbocycles. The van der Waals surface area contributed by atoms with Crippen LogP contribution in [0.4, 0.5) is 4.39 Å². The van der Waals surface area contributed by atoms with Gasteiger partial charge in [-0.25, -0.2) is 4.39 Å². The first-order valence-corrected chi connectivity index (χ1v) is 5.29. The van der Waals surface area contributed by atoms with Gasteiger partial charge in [-0.2, -0.15) is 0 Å². The number of ketones is 1. The first-order valence-electron chi connectivity index (χ1n) is 4.91. The highest BCUT2D eigenvalue weighted by molar-refractivity contribution is 6.34. The molecule has 2 rings (SSSR count). The van der Waals surface area contributed by atoms with Crippen molar-refractivity contribution >= 4 is 17.4 Å². The first-order chi connectivity index (χ1) is 7.18. The minimum atomic E-state index is -0.430. The predicted molar refractivity (Wildman–Crippen MR) is 56.8 cm³/mol. The molecule has 1 aliphatic rings. The van der Waals surface area contributed by atoms with E-state index < -0.39 is 5.82 Å². The number of hydrogen-bond donors (Lipinski definition) is 1. The minimum Gasteiger partial charge on any atom is -0.307 e. The highest BCUT2D eigenvalue weighted by Crippen LogP contribution is 2.21. The van der Waals surface area contributed by atoms with Crippen LogP contribution in [0.1, 0.15) is 23.2 Å². The van der Waals surface area contributed by atoms with Gasteiger partial charge in [0.15, 0.2) is 5.78 Å². The number of rotatable bonds is 2. The lowest BCUT2D eigenvalue weighted by Gasteiger charge is -2.10. The van der Waals surface area contributed by atoms with E-state index >= 15 is 0 Å². The number of halogens is 2. The van der Waals surface area contributed by atoms with Gasteiger partial charge in [-0.05, 0) is 37.6 Å². The molecule has 4 heteroatoms. The van der Waals surface area contributed by atoms with Crippen molar-refractivity contribution in [2.75, 3.05) is 6.54 Å². The van der Waals surface area contributed by atoms with E-state index in [2.05, 4.69) is 5.32 Å². The molecule has 80 valence electrons. The zero-order chi connectivity index (χ0) is 10.8. The molecule has 0 bridgehead atoms. The lowest BCUT2D eigenvalue weighted by molar-refractivity contribution is 0.0952. The van der Waals surface area contributed by atoms with Gasteiger partial charge in [-0.15, -0.1) is 0 Å². The highest BCUT2D eigenvalue weighted by atomic mass is 35.5. The van der Waals surface area contributed by atoms with Crippen LogP contribution in [0, 0.1) is 5.82 Å². The lowest BCUT2D eigenvalue weighted by Crippen LogP contribution is -2.30. The van der Waals surface area contributed by atoms with Crippen LogP contribution in [0.5, 0.6) is 0 Å². The van der Waals surface area contributed by atoms with E-state index in [0.29, 0.717) is 5.02 Å². The Morgan fingerprint density at radius 3 is 3.00 bits per heavy atom. The van der Waals surface area contributed by atoms with Gasteiger partial charge in [0.1, 0.15) is 5.82 Å². The van der Waals surface area contributed by atoms with Gasteiger partial charge in [0, 0.05) is 5.56 Å². The molecule has 1 aromatic carbocycles. The third kappa shape index (κ3) is 2.19. The Morgan fingerprint density at radius 2 is 2.33 bits per heavy atom. The molecule has 0 saturated carbocycles. The summed E-state index contributed by atoms with van der Waals surface area (Å²) in [7, 11) is 0.